The summed E-state index contributed by atoms with van der Waals surface area (Å²) >= 11 is 5.71. The number of fused-ring (bicyclic) bond motifs is 1. The fourth-order valence-corrected chi connectivity index (χ4v) is 10.0. The molecule has 4 fully saturated rings. The summed E-state index contributed by atoms with van der Waals surface area (Å²) in [5.74, 6) is -1.84. The number of nitrogens with one attached hydrogen (secondary N) is 2. The van der Waals surface area contributed by atoms with E-state index >= 15 is 0 Å². The van der Waals surface area contributed by atoms with Crippen molar-refractivity contribution in [3.05, 3.63) is 47.4 Å². The van der Waals surface area contributed by atoms with E-state index in [2.05, 4.69) is 39.5 Å². The van der Waals surface area contributed by atoms with Crippen molar-refractivity contribution in [3.63, 3.8) is 0 Å². The van der Waals surface area contributed by atoms with Crippen LogP contribution in [0, 0.1) is 11.3 Å². The van der Waals surface area contributed by atoms with Crippen molar-refractivity contribution < 1.29 is 41.8 Å². The molecule has 5 heterocycles. The zero-order valence-electron chi connectivity index (χ0n) is 34.8. The van der Waals surface area contributed by atoms with Crippen LogP contribution in [-0.4, -0.2) is 109 Å². The van der Waals surface area contributed by atoms with E-state index in [4.69, 9.17) is 27.0 Å². The Hall–Kier alpha value is -5.03. The number of amides is 4. The molecule has 0 bridgehead atoms. The maximum absolute atomic E-state index is 13.7. The van der Waals surface area contributed by atoms with Crippen LogP contribution in [0.2, 0.25) is 0 Å². The second-order valence-electron chi connectivity index (χ2n) is 16.9. The molecule has 3 aliphatic heterocycles. The number of anilines is 2. The number of pyridine rings is 1. The summed E-state index contributed by atoms with van der Waals surface area (Å²) < 4.78 is 55.3. The lowest BCUT2D eigenvalue weighted by molar-refractivity contribution is -0.138. The van der Waals surface area contributed by atoms with Gasteiger partial charge in [-0.1, -0.05) is 12.1 Å². The number of benzene rings is 1. The first-order valence-corrected chi connectivity index (χ1v) is 21.0. The topological polar surface area (TPSA) is 175 Å². The third-order valence-corrected chi connectivity index (χ3v) is 12.9. The summed E-state index contributed by atoms with van der Waals surface area (Å²) in [6, 6.07) is 7.74. The second kappa shape index (κ2) is 17.4. The first-order chi connectivity index (χ1) is 28.9. The number of nitrogens with zero attached hydrogens (tertiary/aromatic N) is 7. The van der Waals surface area contributed by atoms with Crippen LogP contribution < -0.4 is 15.5 Å². The van der Waals surface area contributed by atoms with Crippen LogP contribution in [-0.2, 0) is 41.9 Å². The van der Waals surface area contributed by atoms with Gasteiger partial charge in [0.2, 0.25) is 17.7 Å². The van der Waals surface area contributed by atoms with Gasteiger partial charge < -0.3 is 19.7 Å². The number of alkyl halides is 3. The lowest BCUT2D eigenvalue weighted by Gasteiger charge is -2.42. The highest BCUT2D eigenvalue weighted by Crippen LogP contribution is 2.40. The Balaban J connectivity index is 0.861. The van der Waals surface area contributed by atoms with Crippen LogP contribution in [0.15, 0.2) is 30.5 Å². The van der Waals surface area contributed by atoms with E-state index in [0.29, 0.717) is 62.2 Å². The molecule has 3 saturated heterocycles. The zero-order chi connectivity index (χ0) is 44.0. The number of piperidine rings is 2. The summed E-state index contributed by atoms with van der Waals surface area (Å²) in [7, 11) is 1.77. The van der Waals surface area contributed by atoms with E-state index in [-0.39, 0.29) is 71.8 Å². The predicted molar refractivity (Wildman–Crippen MR) is 221 cm³/mol. The zero-order valence-corrected chi connectivity index (χ0v) is 35.6. The lowest BCUT2D eigenvalue weighted by atomic mass is 9.89. The highest BCUT2D eigenvalue weighted by molar-refractivity contribution is 7.80. The molecule has 19 heteroatoms. The number of carbonyl (C=O) groups excluding carboxylic acids is 4. The van der Waals surface area contributed by atoms with Gasteiger partial charge in [-0.15, -0.1) is 0 Å². The minimum absolute atomic E-state index is 0.00468. The van der Waals surface area contributed by atoms with Gasteiger partial charge in [-0.05, 0) is 97.0 Å². The summed E-state index contributed by atoms with van der Waals surface area (Å²) in [4.78, 5) is 60.1. The molecule has 1 aromatic carbocycles. The Morgan fingerprint density at radius 3 is 2.36 bits per heavy atom. The van der Waals surface area contributed by atoms with Crippen LogP contribution in [0.1, 0.15) is 102 Å². The standard InChI is InChI=1S/C42H50F3N9O6S/c1-23-17-28(18-24(2)52(23)22-35(56)48-32-8-6-7-29-36(50-51(5)37(29)32)30-13-14-34(55)49-38(30)57)60-16-15-59-27-11-9-25(10-12-27)54-40(61)53(39(58)41(54,3)4)26-19-31(42(43,44)45)33(20-46)47-21-26/h6-8,19,21,23-25,27-28,30H,9-18,22H2,1-5H3,(H,48,56)(H,49,55,57)/t23-,24+,25?,27?,28?,30?. The van der Waals surface area contributed by atoms with E-state index in [9.17, 15) is 32.3 Å². The fraction of sp³-hybridized carbons (Fsp3) is 0.571. The first-order valence-electron chi connectivity index (χ1n) is 20.6. The summed E-state index contributed by atoms with van der Waals surface area (Å²) in [6.07, 6.45) is 1.05. The molecule has 61 heavy (non-hydrogen) atoms. The third kappa shape index (κ3) is 8.86. The van der Waals surface area contributed by atoms with Gasteiger partial charge in [0.1, 0.15) is 11.6 Å². The van der Waals surface area contributed by atoms with E-state index < -0.39 is 34.8 Å². The number of thiocarbonyl (C=S) groups is 1. The van der Waals surface area contributed by atoms with Gasteiger partial charge in [-0.25, -0.2) is 4.98 Å². The van der Waals surface area contributed by atoms with Crippen LogP contribution in [0.5, 0.6) is 0 Å². The van der Waals surface area contributed by atoms with Crippen LogP contribution in [0.3, 0.4) is 0 Å². The van der Waals surface area contributed by atoms with Gasteiger partial charge >= 0.3 is 6.18 Å². The predicted octanol–water partition coefficient (Wildman–Crippen LogP) is 5.32. The Morgan fingerprint density at radius 2 is 1.72 bits per heavy atom. The monoisotopic (exact) mass is 865 g/mol. The number of imide groups is 1. The molecule has 15 nitrogen and oxygen atoms in total. The molecular weight excluding hydrogens is 816 g/mol. The first kappa shape index (κ1) is 44.0. The number of hydrogen-bond acceptors (Lipinski definition) is 11. The van der Waals surface area contributed by atoms with E-state index in [1.807, 2.05) is 23.1 Å². The van der Waals surface area contributed by atoms with Crippen molar-refractivity contribution >= 4 is 63.2 Å². The Kier molecular flexibility index (Phi) is 12.6. The molecule has 4 amide bonds. The van der Waals surface area contributed by atoms with Crippen molar-refractivity contribution in [1.29, 1.82) is 5.26 Å². The number of carbonyl (C=O) groups is 4. The van der Waals surface area contributed by atoms with Gasteiger partial charge in [-0.3, -0.25) is 39.0 Å². The van der Waals surface area contributed by atoms with Crippen LogP contribution in [0.25, 0.3) is 10.9 Å². The highest BCUT2D eigenvalue weighted by Gasteiger charge is 2.53. The second-order valence-corrected chi connectivity index (χ2v) is 17.3. The molecule has 0 radical (unpaired) electrons. The maximum atomic E-state index is 13.7. The molecule has 2 unspecified atom stereocenters. The van der Waals surface area contributed by atoms with Crippen LogP contribution in [0.4, 0.5) is 24.5 Å². The number of hydrogen-bond donors (Lipinski definition) is 2. The Bertz CT molecular complexity index is 2260. The van der Waals surface area contributed by atoms with Gasteiger partial charge in [0.05, 0.1) is 72.2 Å². The van der Waals surface area contributed by atoms with Crippen molar-refractivity contribution in [2.24, 2.45) is 7.05 Å². The number of halogens is 3. The van der Waals surface area contributed by atoms with Gasteiger partial charge in [0.25, 0.3) is 5.91 Å². The minimum Gasteiger partial charge on any atom is -0.376 e. The maximum Gasteiger partial charge on any atom is 0.419 e. The van der Waals surface area contributed by atoms with E-state index in [1.54, 1.807) is 25.6 Å². The summed E-state index contributed by atoms with van der Waals surface area (Å²) in [5, 5.41) is 20.1. The number of aryl methyl sites for hydroxylation is 1. The van der Waals surface area contributed by atoms with Crippen molar-refractivity contribution in [3.8, 4) is 6.07 Å². The molecule has 4 aliphatic rings. The summed E-state index contributed by atoms with van der Waals surface area (Å²) in [5.41, 5.74) is -1.36. The number of aromatic nitrogens is 3. The van der Waals surface area contributed by atoms with Gasteiger partial charge in [0.15, 0.2) is 10.8 Å². The molecule has 2 aromatic heterocycles. The fourth-order valence-electron chi connectivity index (χ4n) is 9.47. The van der Waals surface area contributed by atoms with Crippen molar-refractivity contribution in [2.45, 2.75) is 127 Å². The molecule has 1 saturated carbocycles. The molecular formula is C42H50F3N9O6S. The molecule has 326 valence electrons. The molecule has 1 aliphatic carbocycles. The Morgan fingerprint density at radius 1 is 1.05 bits per heavy atom. The highest BCUT2D eigenvalue weighted by atomic mass is 32.1. The SMILES string of the molecule is C[C@@H]1CC(OCCOC2CCC(N3C(=S)N(c4cnc(C#N)c(C(F)(F)F)c4)C(=O)C3(C)C)CC2)C[C@H](C)N1CC(=O)Nc1cccc2c(C3CCC(=O)NC3=O)nn(C)c12. The molecule has 2 N–H and O–H groups in total. The quantitative estimate of drug-likeness (QED) is 0.145. The number of rotatable bonds is 11. The molecule has 7 rings (SSSR count). The van der Waals surface area contributed by atoms with Crippen molar-refractivity contribution in [2.75, 3.05) is 30.0 Å². The molecule has 3 aromatic rings. The lowest BCUT2D eigenvalue weighted by Crippen LogP contribution is -2.51. The molecule has 4 atom stereocenters. The van der Waals surface area contributed by atoms with Gasteiger partial charge in [-0.2, -0.15) is 23.5 Å². The Labute approximate surface area is 356 Å². The largest absolute Gasteiger partial charge is 0.419 e. The number of nitriles is 1. The molecule has 0 spiro atoms. The third-order valence-electron chi connectivity index (χ3n) is 12.5. The van der Waals surface area contributed by atoms with Crippen molar-refractivity contribution in [1.82, 2.24) is 29.9 Å². The number of likely N-dealkylation sites (tertiary alicyclic amines) is 1. The average Bonchev–Trinajstić information content (AvgIpc) is 3.62. The number of ether oxygens (including phenoxy) is 2. The van der Waals surface area contributed by atoms with E-state index in [1.165, 1.54) is 6.07 Å². The number of para-hydroxylation sites is 1. The summed E-state index contributed by atoms with van der Waals surface area (Å²) in [6.45, 7) is 8.58. The van der Waals surface area contributed by atoms with Crippen LogP contribution >= 0.6 is 12.2 Å². The van der Waals surface area contributed by atoms with Gasteiger partial charge in [0, 0.05) is 37.0 Å². The smallest absolute Gasteiger partial charge is 0.376 e. The minimum atomic E-state index is -4.83. The average molecular weight is 866 g/mol. The van der Waals surface area contributed by atoms with E-state index in [0.717, 1.165) is 35.4 Å². The normalized spacial score (nSPS) is 26.1.